The molecule has 0 radical (unpaired) electrons. The number of anilines is 2. The van der Waals surface area contributed by atoms with Gasteiger partial charge in [-0.15, -0.1) is 0 Å². The van der Waals surface area contributed by atoms with Gasteiger partial charge in [0, 0.05) is 85.5 Å². The number of hydrogen-bond donors (Lipinski definition) is 0. The first-order valence-corrected chi connectivity index (χ1v) is 23.1. The Bertz CT molecular complexity index is 2110. The van der Waals surface area contributed by atoms with Gasteiger partial charge in [-0.25, -0.2) is 0 Å². The molecule has 4 bridgehead atoms. The Labute approximate surface area is 366 Å². The van der Waals surface area contributed by atoms with E-state index >= 15 is 0 Å². The molecule has 14 rings (SSSR count). The van der Waals surface area contributed by atoms with Crippen LogP contribution in [0.1, 0.15) is 69.8 Å². The van der Waals surface area contributed by atoms with E-state index in [9.17, 15) is 0 Å². The van der Waals surface area contributed by atoms with Gasteiger partial charge in [0.1, 0.15) is 43.7 Å². The highest BCUT2D eigenvalue weighted by molar-refractivity contribution is 5.68. The molecule has 1 spiro atoms. The summed E-state index contributed by atoms with van der Waals surface area (Å²) in [5.74, 6) is 2.47. The van der Waals surface area contributed by atoms with E-state index in [1.54, 1.807) is 16.7 Å². The summed E-state index contributed by atoms with van der Waals surface area (Å²) >= 11 is 0. The van der Waals surface area contributed by atoms with Crippen molar-refractivity contribution in [2.75, 3.05) is 49.2 Å². The number of halogens is 2. The topological polar surface area (TPSA) is 24.9 Å². The van der Waals surface area contributed by atoms with E-state index in [1.807, 2.05) is 0 Å². The number of nitrogens with zero attached hydrogens (tertiary/aromatic N) is 4. The number of piperidine rings is 2. The Balaban J connectivity index is 0.00000183. The Hall–Kier alpha value is -2.20. The lowest BCUT2D eigenvalue weighted by atomic mass is 9.53. The maximum absolute atomic E-state index is 7.66. The Morgan fingerprint density at radius 3 is 2.09 bits per heavy atom. The van der Waals surface area contributed by atoms with Crippen molar-refractivity contribution in [2.45, 2.75) is 118 Å². The van der Waals surface area contributed by atoms with Crippen LogP contribution in [-0.2, 0) is 14.9 Å². The molecule has 0 N–H and O–H groups in total. The molecule has 2 aromatic carbocycles. The Morgan fingerprint density at radius 2 is 1.34 bits per heavy atom. The van der Waals surface area contributed by atoms with Crippen molar-refractivity contribution in [1.29, 1.82) is 0 Å². The van der Waals surface area contributed by atoms with Gasteiger partial charge in [-0.1, -0.05) is 60.7 Å². The van der Waals surface area contributed by atoms with Crippen molar-refractivity contribution in [3.05, 3.63) is 108 Å². The molecule has 8 aliphatic heterocycles. The van der Waals surface area contributed by atoms with Crippen LogP contribution in [-0.4, -0.2) is 97.1 Å². The summed E-state index contributed by atoms with van der Waals surface area (Å²) in [7, 11) is 0. The molecule has 4 aliphatic carbocycles. The predicted octanol–water partition coefficient (Wildman–Crippen LogP) is 1.89. The van der Waals surface area contributed by atoms with Crippen molar-refractivity contribution >= 4 is 11.4 Å². The zero-order valence-electron chi connectivity index (χ0n) is 33.8. The zero-order valence-corrected chi connectivity index (χ0v) is 37.0. The number of fused-ring (bicyclic) bond motifs is 4. The first-order chi connectivity index (χ1) is 27.7. The van der Waals surface area contributed by atoms with Crippen molar-refractivity contribution in [2.24, 2.45) is 29.6 Å². The number of allylic oxidation sites excluding steroid dienone is 2. The summed E-state index contributed by atoms with van der Waals surface area (Å²) in [4.78, 5) is 6.04. The Morgan fingerprint density at radius 1 is 0.672 bits per heavy atom. The van der Waals surface area contributed by atoms with E-state index in [1.165, 1.54) is 111 Å². The molecule has 2 aromatic rings. The number of rotatable bonds is 3. The average molecular weight is 909 g/mol. The van der Waals surface area contributed by atoms with E-state index in [2.05, 4.69) is 101 Å². The number of ether oxygens (including phenoxy) is 2. The van der Waals surface area contributed by atoms with Crippen molar-refractivity contribution in [3.63, 3.8) is 0 Å². The van der Waals surface area contributed by atoms with Crippen molar-refractivity contribution in [3.8, 4) is 0 Å². The SMILES string of the molecule is C1=CC([N+]23CCC4C5C6C(CC42)C(=CCOC6N2c4ccccc4C46CC[N+]7(C8C=CCCC8)CC8=CCOC(C(C8CC47)C26)N5c2ccccc2)C3)CCC1.[Br-].[Br-]. The molecule has 5 saturated heterocycles. The van der Waals surface area contributed by atoms with Crippen LogP contribution in [0.15, 0.2) is 102 Å². The monoisotopic (exact) mass is 906 g/mol. The fourth-order valence-electron chi connectivity index (χ4n) is 17.7. The van der Waals surface area contributed by atoms with Gasteiger partial charge < -0.3 is 62.2 Å². The number of para-hydroxylation sites is 2. The Kier molecular flexibility index (Phi) is 8.68. The summed E-state index contributed by atoms with van der Waals surface area (Å²) in [5.41, 5.74) is 8.13. The summed E-state index contributed by atoms with van der Waals surface area (Å²) in [6.45, 7) is 6.57. The third kappa shape index (κ3) is 4.54. The van der Waals surface area contributed by atoms with Gasteiger partial charge in [0.05, 0.1) is 43.8 Å². The second-order valence-corrected chi connectivity index (χ2v) is 20.6. The van der Waals surface area contributed by atoms with Crippen molar-refractivity contribution in [1.82, 2.24) is 0 Å². The molecule has 58 heavy (non-hydrogen) atoms. The summed E-state index contributed by atoms with van der Waals surface area (Å²) < 4.78 is 17.9. The molecule has 0 amide bonds. The molecular formula is C50H60Br2N4O2. The highest BCUT2D eigenvalue weighted by atomic mass is 79.9. The summed E-state index contributed by atoms with van der Waals surface area (Å²) in [5, 5.41) is 0. The predicted molar refractivity (Wildman–Crippen MR) is 220 cm³/mol. The minimum Gasteiger partial charge on any atom is -1.00 e. The van der Waals surface area contributed by atoms with Gasteiger partial charge in [0.2, 0.25) is 0 Å². The van der Waals surface area contributed by atoms with Gasteiger partial charge in [-0.05, 0) is 72.7 Å². The van der Waals surface area contributed by atoms with Crippen LogP contribution in [0.4, 0.5) is 11.4 Å². The minimum absolute atomic E-state index is 0. The maximum atomic E-state index is 7.66. The quantitative estimate of drug-likeness (QED) is 0.348. The summed E-state index contributed by atoms with van der Waals surface area (Å²) in [6.07, 6.45) is 28.9. The zero-order chi connectivity index (χ0) is 36.4. The molecule has 16 atom stereocenters. The molecule has 2 saturated carbocycles. The smallest absolute Gasteiger partial charge is 0.136 e. The normalized spacial score (nSPS) is 47.9. The van der Waals surface area contributed by atoms with Crippen LogP contribution in [0, 0.1) is 29.6 Å². The highest BCUT2D eigenvalue weighted by Gasteiger charge is 2.78. The molecule has 16 unspecified atom stereocenters. The van der Waals surface area contributed by atoms with Crippen LogP contribution in [0.3, 0.4) is 0 Å². The first kappa shape index (κ1) is 37.6. The number of quaternary nitrogens is 2. The number of hydrogen-bond acceptors (Lipinski definition) is 4. The van der Waals surface area contributed by atoms with E-state index in [4.69, 9.17) is 9.47 Å². The van der Waals surface area contributed by atoms with Gasteiger partial charge in [-0.3, -0.25) is 0 Å². The lowest BCUT2D eigenvalue weighted by Gasteiger charge is -2.66. The maximum Gasteiger partial charge on any atom is 0.136 e. The lowest BCUT2D eigenvalue weighted by molar-refractivity contribution is -0.960. The molecular weight excluding hydrogens is 848 g/mol. The molecule has 8 heterocycles. The minimum atomic E-state index is 0. The van der Waals surface area contributed by atoms with Crippen LogP contribution >= 0.6 is 0 Å². The molecule has 12 aliphatic rings. The molecule has 0 aromatic heterocycles. The van der Waals surface area contributed by atoms with E-state index in [-0.39, 0.29) is 51.8 Å². The van der Waals surface area contributed by atoms with E-state index in [0.717, 1.165) is 13.2 Å². The number of benzene rings is 2. The van der Waals surface area contributed by atoms with Gasteiger partial charge in [0.25, 0.3) is 0 Å². The second-order valence-electron chi connectivity index (χ2n) is 20.6. The van der Waals surface area contributed by atoms with Crippen LogP contribution in [0.5, 0.6) is 0 Å². The molecule has 8 heteroatoms. The average Bonchev–Trinajstić information content (AvgIpc) is 3.82. The summed E-state index contributed by atoms with van der Waals surface area (Å²) in [6, 6.07) is 25.0. The standard InChI is InChI=1S/C50H60N4O2.2BrH/c1-4-12-34(13-5-1)51-46-37-20-24-53(35-14-6-2-7-15-35)30-32-21-26-55-48(44(46)38(32)28-42(37)53)52-41-19-11-10-18-40(41)50-23-25-54(36-16-8-3-9-17-36)31-33-22-27-56-49(51)45(47(50)52)39(33)29-43(50)54;;/h1,4-6,8,10-14,16,18-19,21-22,35-39,42-49H,2-3,7,9,15,17,20,23-31H2;2*1H/q+2;;/p-2. The molecule has 306 valence electrons. The van der Waals surface area contributed by atoms with Crippen LogP contribution in [0.2, 0.25) is 0 Å². The first-order valence-electron chi connectivity index (χ1n) is 23.1. The fraction of sp³-hybridized carbons (Fsp3) is 0.600. The van der Waals surface area contributed by atoms with E-state index < -0.39 is 0 Å². The fourth-order valence-corrected chi connectivity index (χ4v) is 17.7. The third-order valence-corrected chi connectivity index (χ3v) is 19.3. The second kappa shape index (κ2) is 13.4. The van der Waals surface area contributed by atoms with Gasteiger partial charge in [0.15, 0.2) is 0 Å². The van der Waals surface area contributed by atoms with E-state index in [0.29, 0.717) is 65.8 Å². The molecule has 7 fully saturated rings. The lowest BCUT2D eigenvalue weighted by Crippen LogP contribution is -3.00. The molecule has 6 nitrogen and oxygen atoms in total. The highest BCUT2D eigenvalue weighted by Crippen LogP contribution is 2.70. The largest absolute Gasteiger partial charge is 1.00 e. The van der Waals surface area contributed by atoms with Gasteiger partial charge in [-0.2, -0.15) is 0 Å². The van der Waals surface area contributed by atoms with Crippen LogP contribution in [0.25, 0.3) is 0 Å². The van der Waals surface area contributed by atoms with Crippen molar-refractivity contribution < 1.29 is 52.4 Å². The van der Waals surface area contributed by atoms with Gasteiger partial charge >= 0.3 is 0 Å². The van der Waals surface area contributed by atoms with Crippen LogP contribution < -0.4 is 43.8 Å². The third-order valence-electron chi connectivity index (χ3n) is 19.3.